The zero-order valence-corrected chi connectivity index (χ0v) is 19.4. The van der Waals surface area contributed by atoms with Gasteiger partial charge < -0.3 is 10.2 Å². The van der Waals surface area contributed by atoms with E-state index in [2.05, 4.69) is 56.4 Å². The van der Waals surface area contributed by atoms with Gasteiger partial charge in [0.2, 0.25) is 11.8 Å². The van der Waals surface area contributed by atoms with Crippen molar-refractivity contribution >= 4 is 11.8 Å². The van der Waals surface area contributed by atoms with E-state index in [-0.39, 0.29) is 17.9 Å². The van der Waals surface area contributed by atoms with Gasteiger partial charge in [0.15, 0.2) is 0 Å². The lowest BCUT2D eigenvalue weighted by molar-refractivity contribution is -0.141. The van der Waals surface area contributed by atoms with Gasteiger partial charge in [-0.25, -0.2) is 0 Å². The van der Waals surface area contributed by atoms with Crippen molar-refractivity contribution in [1.82, 2.24) is 10.2 Å². The van der Waals surface area contributed by atoms with Crippen LogP contribution in [0.25, 0.3) is 0 Å². The number of rotatable bonds is 8. The number of nitrogens with zero attached hydrogens (tertiary/aromatic N) is 1. The number of carbonyl (C=O) groups excluding carboxylic acids is 2. The molecule has 1 fully saturated rings. The van der Waals surface area contributed by atoms with Crippen LogP contribution in [0.5, 0.6) is 0 Å². The molecule has 0 aliphatic heterocycles. The van der Waals surface area contributed by atoms with Crippen LogP contribution in [-0.4, -0.2) is 28.8 Å². The molecular formula is C27H36N2O2. The Labute approximate surface area is 187 Å². The van der Waals surface area contributed by atoms with E-state index in [1.807, 2.05) is 19.1 Å². The second-order valence-corrected chi connectivity index (χ2v) is 9.09. The molecule has 2 aromatic carbocycles. The highest BCUT2D eigenvalue weighted by molar-refractivity contribution is 5.88. The number of carbonyl (C=O) groups is 2. The Kier molecular flexibility index (Phi) is 7.89. The summed E-state index contributed by atoms with van der Waals surface area (Å²) in [4.78, 5) is 28.5. The molecule has 0 radical (unpaired) electrons. The average molecular weight is 421 g/mol. The third-order valence-corrected chi connectivity index (χ3v) is 6.20. The molecule has 1 aliphatic rings. The Balaban J connectivity index is 1.83. The standard InChI is InChI=1S/C27H36N2O2/c1-5-25(27(31)28-24-8-6-7-9-24)29(18-22-12-10-19(2)11-13-22)26(30)17-23-15-20(3)14-21(4)16-23/h10-16,24-25H,5-9,17-18H2,1-4H3,(H,28,31)/t25-/m1/s1. The number of benzene rings is 2. The van der Waals surface area contributed by atoms with Crippen LogP contribution in [-0.2, 0) is 22.6 Å². The van der Waals surface area contributed by atoms with Gasteiger partial charge in [-0.1, -0.05) is 78.9 Å². The van der Waals surface area contributed by atoms with Crippen molar-refractivity contribution in [2.75, 3.05) is 0 Å². The van der Waals surface area contributed by atoms with Crippen LogP contribution in [0.15, 0.2) is 42.5 Å². The van der Waals surface area contributed by atoms with Crippen molar-refractivity contribution in [2.45, 2.75) is 84.8 Å². The second-order valence-electron chi connectivity index (χ2n) is 9.09. The molecule has 166 valence electrons. The molecule has 1 aliphatic carbocycles. The summed E-state index contributed by atoms with van der Waals surface area (Å²) in [5.74, 6) is -0.0192. The average Bonchev–Trinajstić information content (AvgIpc) is 3.21. The lowest BCUT2D eigenvalue weighted by Crippen LogP contribution is -2.51. The molecule has 0 bridgehead atoms. The maximum Gasteiger partial charge on any atom is 0.243 e. The first-order valence-electron chi connectivity index (χ1n) is 11.6. The fourth-order valence-corrected chi connectivity index (χ4v) is 4.62. The minimum absolute atomic E-state index is 0.000929. The molecule has 0 unspecified atom stereocenters. The van der Waals surface area contributed by atoms with Crippen LogP contribution >= 0.6 is 0 Å². The molecule has 1 saturated carbocycles. The molecule has 0 spiro atoms. The van der Waals surface area contributed by atoms with Gasteiger partial charge in [-0.3, -0.25) is 9.59 Å². The molecule has 0 saturated heterocycles. The summed E-state index contributed by atoms with van der Waals surface area (Å²) in [6, 6.07) is 14.2. The number of amides is 2. The first-order valence-corrected chi connectivity index (χ1v) is 11.6. The molecule has 0 aromatic heterocycles. The van der Waals surface area contributed by atoms with Crippen molar-refractivity contribution in [3.63, 3.8) is 0 Å². The van der Waals surface area contributed by atoms with E-state index in [0.717, 1.165) is 35.1 Å². The fraction of sp³-hybridized carbons (Fsp3) is 0.481. The Hall–Kier alpha value is -2.62. The summed E-state index contributed by atoms with van der Waals surface area (Å²) in [7, 11) is 0. The summed E-state index contributed by atoms with van der Waals surface area (Å²) in [5, 5.41) is 3.21. The van der Waals surface area contributed by atoms with Crippen molar-refractivity contribution in [1.29, 1.82) is 0 Å². The van der Waals surface area contributed by atoms with E-state index < -0.39 is 6.04 Å². The number of hydrogen-bond acceptors (Lipinski definition) is 2. The minimum atomic E-state index is -0.458. The molecule has 2 aromatic rings. The Morgan fingerprint density at radius 2 is 1.55 bits per heavy atom. The van der Waals surface area contributed by atoms with E-state index >= 15 is 0 Å². The SMILES string of the molecule is CC[C@H](C(=O)NC1CCCC1)N(Cc1ccc(C)cc1)C(=O)Cc1cc(C)cc(C)c1. The molecule has 4 heteroatoms. The van der Waals surface area contributed by atoms with Crippen LogP contribution < -0.4 is 5.32 Å². The third-order valence-electron chi connectivity index (χ3n) is 6.20. The molecule has 0 heterocycles. The summed E-state index contributed by atoms with van der Waals surface area (Å²) in [5.41, 5.74) is 5.54. The predicted molar refractivity (Wildman–Crippen MR) is 126 cm³/mol. The molecule has 2 amide bonds. The normalized spacial score (nSPS) is 15.0. The van der Waals surface area contributed by atoms with Crippen LogP contribution in [0.1, 0.15) is 66.8 Å². The minimum Gasteiger partial charge on any atom is -0.352 e. The van der Waals surface area contributed by atoms with Crippen LogP contribution in [0, 0.1) is 20.8 Å². The van der Waals surface area contributed by atoms with E-state index in [1.165, 1.54) is 18.4 Å². The largest absolute Gasteiger partial charge is 0.352 e. The van der Waals surface area contributed by atoms with Crippen molar-refractivity contribution in [3.8, 4) is 0 Å². The summed E-state index contributed by atoms with van der Waals surface area (Å²) in [6.45, 7) is 8.59. The quantitative estimate of drug-likeness (QED) is 0.652. The maximum absolute atomic E-state index is 13.5. The van der Waals surface area contributed by atoms with E-state index in [0.29, 0.717) is 19.4 Å². The van der Waals surface area contributed by atoms with Gasteiger partial charge in [0, 0.05) is 12.6 Å². The van der Waals surface area contributed by atoms with Crippen LogP contribution in [0.4, 0.5) is 0 Å². The molecule has 3 rings (SSSR count). The Morgan fingerprint density at radius 3 is 2.13 bits per heavy atom. The van der Waals surface area contributed by atoms with Gasteiger partial charge in [-0.15, -0.1) is 0 Å². The first kappa shape index (κ1) is 23.1. The monoisotopic (exact) mass is 420 g/mol. The van der Waals surface area contributed by atoms with Crippen molar-refractivity contribution < 1.29 is 9.59 Å². The highest BCUT2D eigenvalue weighted by Crippen LogP contribution is 2.20. The first-order chi connectivity index (χ1) is 14.9. The molecule has 1 atom stereocenters. The summed E-state index contributed by atoms with van der Waals surface area (Å²) in [6.07, 6.45) is 5.32. The second kappa shape index (κ2) is 10.6. The van der Waals surface area contributed by atoms with Gasteiger partial charge in [-0.05, 0) is 51.2 Å². The van der Waals surface area contributed by atoms with Gasteiger partial charge in [-0.2, -0.15) is 0 Å². The molecule has 4 nitrogen and oxygen atoms in total. The zero-order chi connectivity index (χ0) is 22.4. The van der Waals surface area contributed by atoms with E-state index in [4.69, 9.17) is 0 Å². The summed E-state index contributed by atoms with van der Waals surface area (Å²) >= 11 is 0. The summed E-state index contributed by atoms with van der Waals surface area (Å²) < 4.78 is 0. The number of hydrogen-bond donors (Lipinski definition) is 1. The lowest BCUT2D eigenvalue weighted by Gasteiger charge is -2.31. The molecule has 31 heavy (non-hydrogen) atoms. The van der Waals surface area contributed by atoms with Gasteiger partial charge >= 0.3 is 0 Å². The molecular weight excluding hydrogens is 384 g/mol. The van der Waals surface area contributed by atoms with Crippen molar-refractivity contribution in [2.24, 2.45) is 0 Å². The smallest absolute Gasteiger partial charge is 0.243 e. The Bertz CT molecular complexity index is 878. The Morgan fingerprint density at radius 1 is 0.935 bits per heavy atom. The fourth-order valence-electron chi connectivity index (χ4n) is 4.62. The highest BCUT2D eigenvalue weighted by atomic mass is 16.2. The van der Waals surface area contributed by atoms with Gasteiger partial charge in [0.1, 0.15) is 6.04 Å². The van der Waals surface area contributed by atoms with Crippen molar-refractivity contribution in [3.05, 3.63) is 70.3 Å². The zero-order valence-electron chi connectivity index (χ0n) is 19.4. The van der Waals surface area contributed by atoms with E-state index in [1.54, 1.807) is 4.90 Å². The third kappa shape index (κ3) is 6.43. The van der Waals surface area contributed by atoms with Crippen LogP contribution in [0.3, 0.4) is 0 Å². The van der Waals surface area contributed by atoms with E-state index in [9.17, 15) is 9.59 Å². The lowest BCUT2D eigenvalue weighted by atomic mass is 10.0. The highest BCUT2D eigenvalue weighted by Gasteiger charge is 2.30. The number of aryl methyl sites for hydroxylation is 3. The van der Waals surface area contributed by atoms with Gasteiger partial charge in [0.05, 0.1) is 6.42 Å². The van der Waals surface area contributed by atoms with Gasteiger partial charge in [0.25, 0.3) is 0 Å². The number of nitrogens with one attached hydrogen (secondary N) is 1. The maximum atomic E-state index is 13.5. The molecule has 1 N–H and O–H groups in total. The predicted octanol–water partition coefficient (Wildman–Crippen LogP) is 5.02. The topological polar surface area (TPSA) is 49.4 Å². The van der Waals surface area contributed by atoms with Crippen LogP contribution in [0.2, 0.25) is 0 Å².